The number of piperidine rings is 1. The number of likely N-dealkylation sites (tertiary alicyclic amines) is 1. The fraction of sp³-hybridized carbons (Fsp3) is 0.387. The molecule has 1 fully saturated rings. The molecule has 1 unspecified atom stereocenters. The number of carbonyl (C=O) groups is 1. The van der Waals surface area contributed by atoms with Crippen LogP contribution in [0.25, 0.3) is 11.0 Å². The lowest BCUT2D eigenvalue weighted by Gasteiger charge is -2.36. The minimum atomic E-state index is -0.0535. The Labute approximate surface area is 228 Å². The van der Waals surface area contributed by atoms with Crippen LogP contribution in [0.1, 0.15) is 47.9 Å². The van der Waals surface area contributed by atoms with Gasteiger partial charge in [0.2, 0.25) is 5.91 Å². The van der Waals surface area contributed by atoms with Gasteiger partial charge in [-0.25, -0.2) is 4.79 Å². The van der Waals surface area contributed by atoms with Crippen molar-refractivity contribution in [2.75, 3.05) is 26.7 Å². The summed E-state index contributed by atoms with van der Waals surface area (Å²) in [5.41, 5.74) is 5.51. The highest BCUT2D eigenvalue weighted by molar-refractivity contribution is 5.78. The van der Waals surface area contributed by atoms with Gasteiger partial charge in [0.15, 0.2) is 0 Å². The van der Waals surface area contributed by atoms with Crippen LogP contribution in [0, 0.1) is 0 Å². The summed E-state index contributed by atoms with van der Waals surface area (Å²) in [5, 5.41) is 3.39. The number of rotatable bonds is 7. The zero-order chi connectivity index (χ0) is 26.8. The van der Waals surface area contributed by atoms with Crippen LogP contribution in [0.2, 0.25) is 0 Å². The van der Waals surface area contributed by atoms with E-state index in [9.17, 15) is 9.59 Å². The summed E-state index contributed by atoms with van der Waals surface area (Å²) in [7, 11) is 1.70. The molecule has 0 saturated carbocycles. The molecule has 2 N–H and O–H groups in total. The Morgan fingerprint density at radius 3 is 2.74 bits per heavy atom. The lowest BCUT2D eigenvalue weighted by atomic mass is 9.76. The van der Waals surface area contributed by atoms with Gasteiger partial charge in [-0.2, -0.15) is 0 Å². The number of H-pyrrole nitrogens is 1. The maximum atomic E-state index is 13.3. The van der Waals surface area contributed by atoms with Gasteiger partial charge in [0.25, 0.3) is 0 Å². The minimum Gasteiger partial charge on any atom is -0.497 e. The molecule has 2 aromatic carbocycles. The topological polar surface area (TPSA) is 92.2 Å². The first-order valence-electron chi connectivity index (χ1n) is 13.9. The van der Waals surface area contributed by atoms with E-state index in [1.807, 2.05) is 47.2 Å². The monoisotopic (exact) mass is 525 g/mol. The number of nitrogens with one attached hydrogen (secondary N) is 2. The molecule has 39 heavy (non-hydrogen) atoms. The number of hydrogen-bond acceptors (Lipinski definition) is 5. The second-order valence-electron chi connectivity index (χ2n) is 10.8. The number of aromatic nitrogens is 3. The number of fused-ring (bicyclic) bond motifs is 2. The Balaban J connectivity index is 1.11. The van der Waals surface area contributed by atoms with Crippen molar-refractivity contribution in [2.45, 2.75) is 50.1 Å². The maximum Gasteiger partial charge on any atom is 0.326 e. The Kier molecular flexibility index (Phi) is 7.20. The molecule has 8 nitrogen and oxygen atoms in total. The van der Waals surface area contributed by atoms with Crippen LogP contribution in [0.5, 0.6) is 5.75 Å². The normalized spacial score (nSPS) is 20.0. The molecule has 2 atom stereocenters. The van der Waals surface area contributed by atoms with Gasteiger partial charge in [-0.05, 0) is 79.1 Å². The van der Waals surface area contributed by atoms with Gasteiger partial charge < -0.3 is 15.0 Å². The largest absolute Gasteiger partial charge is 0.497 e. The van der Waals surface area contributed by atoms with Gasteiger partial charge in [0.1, 0.15) is 5.75 Å². The van der Waals surface area contributed by atoms with Crippen molar-refractivity contribution in [3.05, 3.63) is 94.2 Å². The summed E-state index contributed by atoms with van der Waals surface area (Å²) < 4.78 is 7.36. The molecule has 1 saturated heterocycles. The summed E-state index contributed by atoms with van der Waals surface area (Å²) in [4.78, 5) is 35.4. The van der Waals surface area contributed by atoms with E-state index in [0.717, 1.165) is 62.0 Å². The minimum absolute atomic E-state index is 0.0535. The highest BCUT2D eigenvalue weighted by atomic mass is 16.5. The SMILES string of the molecule is COc1ccc2c(c1)CCC(NC(=O)CN1CCC(n3c(=O)[nH]c4ccccc43)CC1)[C@H]2Cc1cccnc1. The van der Waals surface area contributed by atoms with E-state index in [4.69, 9.17) is 4.74 Å². The summed E-state index contributed by atoms with van der Waals surface area (Å²) in [6.07, 6.45) is 8.02. The molecule has 1 amide bonds. The molecule has 1 aliphatic heterocycles. The Bertz CT molecular complexity index is 1500. The number of benzene rings is 2. The first-order valence-corrected chi connectivity index (χ1v) is 13.9. The van der Waals surface area contributed by atoms with Gasteiger partial charge in [0.05, 0.1) is 24.7 Å². The molecule has 2 aromatic heterocycles. The lowest BCUT2D eigenvalue weighted by molar-refractivity contribution is -0.123. The number of aryl methyl sites for hydroxylation is 1. The third kappa shape index (κ3) is 5.34. The van der Waals surface area contributed by atoms with E-state index in [1.54, 1.807) is 13.3 Å². The number of ether oxygens (including phenoxy) is 1. The van der Waals surface area contributed by atoms with Crippen LogP contribution >= 0.6 is 0 Å². The van der Waals surface area contributed by atoms with E-state index < -0.39 is 0 Å². The standard InChI is InChI=1S/C31H35N5O3/c1-39-24-9-10-25-22(18-24)8-11-27(26(25)17-21-5-4-14-32-19-21)33-30(37)20-35-15-12-23(13-16-35)36-29-7-3-2-6-28(29)34-31(36)38/h2-7,9-10,14,18-19,23,26-27H,8,11-13,15-17,20H2,1H3,(H,33,37)(H,34,38)/t26-,27?/m0/s1. The smallest absolute Gasteiger partial charge is 0.326 e. The van der Waals surface area contributed by atoms with Gasteiger partial charge in [-0.3, -0.25) is 19.2 Å². The van der Waals surface area contributed by atoms with Crippen molar-refractivity contribution >= 4 is 16.9 Å². The molecule has 6 rings (SSSR count). The van der Waals surface area contributed by atoms with E-state index in [-0.39, 0.29) is 29.6 Å². The predicted octanol–water partition coefficient (Wildman–Crippen LogP) is 3.83. The van der Waals surface area contributed by atoms with Crippen LogP contribution in [0.4, 0.5) is 0 Å². The highest BCUT2D eigenvalue weighted by Crippen LogP contribution is 2.36. The van der Waals surface area contributed by atoms with E-state index in [2.05, 4.69) is 38.4 Å². The molecule has 3 heterocycles. The van der Waals surface area contributed by atoms with Crippen LogP contribution in [0.15, 0.2) is 71.8 Å². The van der Waals surface area contributed by atoms with Crippen molar-refractivity contribution in [2.24, 2.45) is 0 Å². The number of amides is 1. The molecular formula is C31H35N5O3. The zero-order valence-electron chi connectivity index (χ0n) is 22.3. The molecule has 0 radical (unpaired) electrons. The number of imidazole rings is 1. The predicted molar refractivity (Wildman–Crippen MR) is 151 cm³/mol. The number of para-hydroxylation sites is 2. The number of aromatic amines is 1. The second kappa shape index (κ2) is 11.1. The van der Waals surface area contributed by atoms with Crippen molar-refractivity contribution in [1.82, 2.24) is 24.8 Å². The lowest BCUT2D eigenvalue weighted by Crippen LogP contribution is -2.48. The van der Waals surface area contributed by atoms with E-state index >= 15 is 0 Å². The summed E-state index contributed by atoms with van der Waals surface area (Å²) in [6.45, 7) is 1.95. The Hall–Kier alpha value is -3.91. The molecule has 202 valence electrons. The fourth-order valence-corrected chi connectivity index (χ4v) is 6.44. The molecule has 0 bridgehead atoms. The quantitative estimate of drug-likeness (QED) is 0.383. The summed E-state index contributed by atoms with van der Waals surface area (Å²) in [5.74, 6) is 1.11. The van der Waals surface area contributed by atoms with Crippen molar-refractivity contribution in [3.63, 3.8) is 0 Å². The van der Waals surface area contributed by atoms with Crippen molar-refractivity contribution in [3.8, 4) is 5.75 Å². The fourth-order valence-electron chi connectivity index (χ4n) is 6.44. The van der Waals surface area contributed by atoms with Gasteiger partial charge in [-0.1, -0.05) is 24.3 Å². The third-order valence-corrected chi connectivity index (χ3v) is 8.40. The van der Waals surface area contributed by atoms with Gasteiger partial charge in [-0.15, -0.1) is 0 Å². The van der Waals surface area contributed by atoms with Crippen molar-refractivity contribution < 1.29 is 9.53 Å². The van der Waals surface area contributed by atoms with Gasteiger partial charge >= 0.3 is 5.69 Å². The molecule has 0 spiro atoms. The third-order valence-electron chi connectivity index (χ3n) is 8.40. The van der Waals surface area contributed by atoms with E-state index in [1.165, 1.54) is 16.7 Å². The van der Waals surface area contributed by atoms with Crippen LogP contribution in [-0.4, -0.2) is 58.1 Å². The Morgan fingerprint density at radius 2 is 1.95 bits per heavy atom. The Morgan fingerprint density at radius 1 is 1.10 bits per heavy atom. The molecule has 2 aliphatic rings. The first kappa shape index (κ1) is 25.4. The summed E-state index contributed by atoms with van der Waals surface area (Å²) in [6, 6.07) is 18.4. The van der Waals surface area contributed by atoms with Crippen LogP contribution < -0.4 is 15.7 Å². The maximum absolute atomic E-state index is 13.3. The summed E-state index contributed by atoms with van der Waals surface area (Å²) >= 11 is 0. The molecule has 4 aromatic rings. The first-order chi connectivity index (χ1) is 19.1. The number of methoxy groups -OCH3 is 1. The number of nitrogens with zero attached hydrogens (tertiary/aromatic N) is 3. The number of hydrogen-bond donors (Lipinski definition) is 2. The number of pyridine rings is 1. The zero-order valence-corrected chi connectivity index (χ0v) is 22.3. The molecule has 1 aliphatic carbocycles. The van der Waals surface area contributed by atoms with Gasteiger partial charge in [0, 0.05) is 43.5 Å². The second-order valence-corrected chi connectivity index (χ2v) is 10.8. The van der Waals surface area contributed by atoms with Crippen molar-refractivity contribution in [1.29, 1.82) is 0 Å². The number of carbonyl (C=O) groups excluding carboxylic acids is 1. The average Bonchev–Trinajstić information content (AvgIpc) is 3.30. The average molecular weight is 526 g/mol. The molecule has 8 heteroatoms. The highest BCUT2D eigenvalue weighted by Gasteiger charge is 2.32. The molecular weight excluding hydrogens is 490 g/mol. The van der Waals surface area contributed by atoms with E-state index in [0.29, 0.717) is 6.54 Å². The van der Waals surface area contributed by atoms with Crippen LogP contribution in [0.3, 0.4) is 0 Å². The van der Waals surface area contributed by atoms with Crippen LogP contribution in [-0.2, 0) is 17.6 Å².